The molecule has 2 fully saturated rings. The van der Waals surface area contributed by atoms with Crippen molar-refractivity contribution in [3.8, 4) is 0 Å². The van der Waals surface area contributed by atoms with Gasteiger partial charge in [-0.2, -0.15) is 0 Å². The van der Waals surface area contributed by atoms with Crippen molar-refractivity contribution in [3.05, 3.63) is 40.8 Å². The van der Waals surface area contributed by atoms with Crippen LogP contribution in [0.1, 0.15) is 18.4 Å². The van der Waals surface area contributed by atoms with Crippen LogP contribution < -0.4 is 5.32 Å². The van der Waals surface area contributed by atoms with E-state index in [0.29, 0.717) is 18.1 Å². The minimum atomic E-state index is -0.430. The van der Waals surface area contributed by atoms with Gasteiger partial charge in [0.15, 0.2) is 0 Å². The smallest absolute Gasteiger partial charge is 0.294 e. The molecule has 0 saturated carbocycles. The van der Waals surface area contributed by atoms with Crippen molar-refractivity contribution in [3.63, 3.8) is 0 Å². The molecule has 3 rings (SSSR count). The number of nitrogens with zero attached hydrogens (tertiary/aromatic N) is 1. The standard InChI is InChI=1S/C17H18N2O4S/c20-15(18-10-13-7-4-8-23-13)11-19-16(21)14(24-17(19)22)9-12-5-2-1-3-6-12/h1-3,5-6,9,13H,4,7-8,10-11H2,(H,18,20)/b14-9+. The largest absolute Gasteiger partial charge is 0.376 e. The highest BCUT2D eigenvalue weighted by Gasteiger charge is 2.36. The molecule has 1 aromatic rings. The Kier molecular flexibility index (Phi) is 5.32. The van der Waals surface area contributed by atoms with Gasteiger partial charge < -0.3 is 10.1 Å². The normalized spacial score (nSPS) is 22.4. The van der Waals surface area contributed by atoms with Crippen LogP contribution >= 0.6 is 11.8 Å². The SMILES string of the molecule is O=C(CN1C(=O)S/C(=C/c2ccccc2)C1=O)NCC1CCCO1. The number of hydrogen-bond acceptors (Lipinski definition) is 5. The summed E-state index contributed by atoms with van der Waals surface area (Å²) in [6.07, 6.45) is 3.60. The topological polar surface area (TPSA) is 75.7 Å². The van der Waals surface area contributed by atoms with Gasteiger partial charge in [0.05, 0.1) is 11.0 Å². The summed E-state index contributed by atoms with van der Waals surface area (Å²) >= 11 is 0.856. The number of rotatable bonds is 5. The third-order valence-electron chi connectivity index (χ3n) is 3.82. The summed E-state index contributed by atoms with van der Waals surface area (Å²) in [6.45, 7) is 0.867. The molecular weight excluding hydrogens is 328 g/mol. The summed E-state index contributed by atoms with van der Waals surface area (Å²) in [4.78, 5) is 37.6. The first kappa shape index (κ1) is 16.7. The Labute approximate surface area is 144 Å². The van der Waals surface area contributed by atoms with Crippen LogP contribution in [0, 0.1) is 0 Å². The first-order valence-corrected chi connectivity index (χ1v) is 8.64. The zero-order valence-electron chi connectivity index (χ0n) is 13.1. The van der Waals surface area contributed by atoms with Crippen LogP contribution in [0.5, 0.6) is 0 Å². The molecule has 1 N–H and O–H groups in total. The maximum absolute atomic E-state index is 12.3. The maximum atomic E-state index is 12.3. The molecule has 6 nitrogen and oxygen atoms in total. The van der Waals surface area contributed by atoms with Crippen LogP contribution in [-0.4, -0.2) is 47.8 Å². The summed E-state index contributed by atoms with van der Waals surface area (Å²) in [5.41, 5.74) is 0.839. The molecule has 3 amide bonds. The Balaban J connectivity index is 1.57. The zero-order valence-corrected chi connectivity index (χ0v) is 13.9. The highest BCUT2D eigenvalue weighted by atomic mass is 32.2. The van der Waals surface area contributed by atoms with E-state index in [1.165, 1.54) is 0 Å². The number of carbonyl (C=O) groups excluding carboxylic acids is 3. The lowest BCUT2D eigenvalue weighted by molar-refractivity contribution is -0.129. The first-order chi connectivity index (χ1) is 11.6. The molecule has 2 saturated heterocycles. The molecular formula is C17H18N2O4S. The molecule has 0 aromatic heterocycles. The van der Waals surface area contributed by atoms with Crippen molar-refractivity contribution in [2.24, 2.45) is 0 Å². The van der Waals surface area contributed by atoms with Gasteiger partial charge >= 0.3 is 0 Å². The number of ether oxygens (including phenoxy) is 1. The maximum Gasteiger partial charge on any atom is 0.294 e. The minimum Gasteiger partial charge on any atom is -0.376 e. The van der Waals surface area contributed by atoms with Crippen LogP contribution in [0.2, 0.25) is 0 Å². The second-order valence-electron chi connectivity index (χ2n) is 5.62. The Hall–Kier alpha value is -2.12. The first-order valence-electron chi connectivity index (χ1n) is 7.82. The molecule has 2 aliphatic rings. The average Bonchev–Trinajstić information content (AvgIpc) is 3.18. The van der Waals surface area contributed by atoms with E-state index in [1.54, 1.807) is 6.08 Å². The molecule has 0 bridgehead atoms. The fourth-order valence-electron chi connectivity index (χ4n) is 2.57. The molecule has 0 spiro atoms. The predicted octanol–water partition coefficient (Wildman–Crippen LogP) is 2.02. The van der Waals surface area contributed by atoms with Gasteiger partial charge in [-0.1, -0.05) is 30.3 Å². The Morgan fingerprint density at radius 3 is 2.83 bits per heavy atom. The fourth-order valence-corrected chi connectivity index (χ4v) is 3.41. The number of thioether (sulfide) groups is 1. The van der Waals surface area contributed by atoms with Crippen molar-refractivity contribution >= 4 is 34.9 Å². The van der Waals surface area contributed by atoms with Gasteiger partial charge in [0.1, 0.15) is 6.54 Å². The van der Waals surface area contributed by atoms with E-state index in [1.807, 2.05) is 30.3 Å². The van der Waals surface area contributed by atoms with E-state index in [-0.39, 0.29) is 18.6 Å². The van der Waals surface area contributed by atoms with Crippen molar-refractivity contribution < 1.29 is 19.1 Å². The second kappa shape index (κ2) is 7.63. The van der Waals surface area contributed by atoms with E-state index < -0.39 is 11.1 Å². The number of hydrogen-bond donors (Lipinski definition) is 1. The summed E-state index contributed by atoms with van der Waals surface area (Å²) < 4.78 is 5.42. The van der Waals surface area contributed by atoms with E-state index in [4.69, 9.17) is 4.74 Å². The minimum absolute atomic E-state index is 0.0295. The molecule has 1 aromatic carbocycles. The van der Waals surface area contributed by atoms with Crippen LogP contribution in [0.15, 0.2) is 35.2 Å². The summed E-state index contributed by atoms with van der Waals surface area (Å²) in [5.74, 6) is -0.783. The third-order valence-corrected chi connectivity index (χ3v) is 4.73. The highest BCUT2D eigenvalue weighted by molar-refractivity contribution is 8.18. The molecule has 0 aliphatic carbocycles. The Morgan fingerprint density at radius 2 is 2.12 bits per heavy atom. The Bertz CT molecular complexity index is 668. The van der Waals surface area contributed by atoms with Gasteiger partial charge in [-0.3, -0.25) is 19.3 Å². The van der Waals surface area contributed by atoms with Crippen molar-refractivity contribution in [1.29, 1.82) is 0 Å². The number of imide groups is 1. The number of amides is 3. The fraction of sp³-hybridized carbons (Fsp3) is 0.353. The van der Waals surface area contributed by atoms with Gasteiger partial charge in [0.2, 0.25) is 5.91 Å². The van der Waals surface area contributed by atoms with E-state index in [9.17, 15) is 14.4 Å². The second-order valence-corrected chi connectivity index (χ2v) is 6.61. The summed E-state index contributed by atoms with van der Waals surface area (Å²) in [6, 6.07) is 9.29. The predicted molar refractivity (Wildman–Crippen MR) is 91.1 cm³/mol. The Morgan fingerprint density at radius 1 is 1.33 bits per heavy atom. The monoisotopic (exact) mass is 346 g/mol. The molecule has 2 aliphatic heterocycles. The number of carbonyl (C=O) groups is 3. The van der Waals surface area contributed by atoms with Crippen LogP contribution in [0.4, 0.5) is 4.79 Å². The molecule has 2 heterocycles. The van der Waals surface area contributed by atoms with E-state index in [0.717, 1.165) is 35.1 Å². The molecule has 7 heteroatoms. The lowest BCUT2D eigenvalue weighted by Gasteiger charge is -2.14. The van der Waals surface area contributed by atoms with Crippen LogP contribution in [-0.2, 0) is 14.3 Å². The van der Waals surface area contributed by atoms with E-state index in [2.05, 4.69) is 5.32 Å². The van der Waals surface area contributed by atoms with Gasteiger partial charge in [-0.25, -0.2) is 0 Å². The third kappa shape index (κ3) is 4.04. The molecule has 1 atom stereocenters. The summed E-state index contributed by atoms with van der Waals surface area (Å²) in [7, 11) is 0. The highest BCUT2D eigenvalue weighted by Crippen LogP contribution is 2.31. The van der Waals surface area contributed by atoms with Crippen LogP contribution in [0.25, 0.3) is 6.08 Å². The lowest BCUT2D eigenvalue weighted by Crippen LogP contribution is -2.41. The molecule has 1 unspecified atom stereocenters. The molecule has 24 heavy (non-hydrogen) atoms. The van der Waals surface area contributed by atoms with Gasteiger partial charge in [-0.15, -0.1) is 0 Å². The van der Waals surface area contributed by atoms with Crippen molar-refractivity contribution in [2.75, 3.05) is 19.7 Å². The van der Waals surface area contributed by atoms with Crippen molar-refractivity contribution in [2.45, 2.75) is 18.9 Å². The quantitative estimate of drug-likeness (QED) is 0.826. The number of benzene rings is 1. The van der Waals surface area contributed by atoms with Crippen LogP contribution in [0.3, 0.4) is 0 Å². The van der Waals surface area contributed by atoms with Gasteiger partial charge in [0.25, 0.3) is 11.1 Å². The molecule has 126 valence electrons. The summed E-state index contributed by atoms with van der Waals surface area (Å²) in [5, 5.41) is 2.30. The lowest BCUT2D eigenvalue weighted by atomic mass is 10.2. The van der Waals surface area contributed by atoms with Crippen molar-refractivity contribution in [1.82, 2.24) is 10.2 Å². The average molecular weight is 346 g/mol. The van der Waals surface area contributed by atoms with Gasteiger partial charge in [0, 0.05) is 13.2 Å². The molecule has 0 radical (unpaired) electrons. The number of nitrogens with one attached hydrogen (secondary N) is 1. The van der Waals surface area contributed by atoms with Gasteiger partial charge in [-0.05, 0) is 36.2 Å². The zero-order chi connectivity index (χ0) is 16.9. The van der Waals surface area contributed by atoms with E-state index >= 15 is 0 Å².